The van der Waals surface area contributed by atoms with Crippen molar-refractivity contribution in [3.63, 3.8) is 0 Å². The molecule has 2 fully saturated rings. The number of piperidine rings is 1. The highest BCUT2D eigenvalue weighted by atomic mass is 32.2. The third-order valence-corrected chi connectivity index (χ3v) is 7.71. The van der Waals surface area contributed by atoms with Crippen molar-refractivity contribution in [2.75, 3.05) is 25.4 Å². The van der Waals surface area contributed by atoms with Gasteiger partial charge in [0.25, 0.3) is 0 Å². The van der Waals surface area contributed by atoms with E-state index in [4.69, 9.17) is 4.74 Å². The van der Waals surface area contributed by atoms with Crippen LogP contribution in [0.2, 0.25) is 0 Å². The van der Waals surface area contributed by atoms with Crippen LogP contribution in [0, 0.1) is 11.8 Å². The van der Waals surface area contributed by atoms with Gasteiger partial charge in [-0.05, 0) is 31.1 Å². The minimum atomic E-state index is -3.26. The van der Waals surface area contributed by atoms with Gasteiger partial charge in [-0.15, -0.1) is 0 Å². The molecule has 0 amide bonds. The van der Waals surface area contributed by atoms with Crippen molar-refractivity contribution in [3.05, 3.63) is 18.7 Å². The molecule has 1 aromatic rings. The monoisotopic (exact) mass is 369 g/mol. The van der Waals surface area contributed by atoms with Gasteiger partial charge >= 0.3 is 0 Å². The van der Waals surface area contributed by atoms with E-state index in [1.165, 1.54) is 12.8 Å². The Balaban J connectivity index is 1.55. The van der Waals surface area contributed by atoms with Gasteiger partial charge in [0.2, 0.25) is 10.0 Å². The summed E-state index contributed by atoms with van der Waals surface area (Å²) >= 11 is 0. The standard InChI is InChI=1S/C18H31N3O3S/c1-15(12-24-17-5-3-4-6-17)13-25(22,23)21-9-7-16(2)18(11-21)20-10-8-19-14-20/h8,10,14-18H,3-7,9,11-13H2,1-2H3. The van der Waals surface area contributed by atoms with Gasteiger partial charge in [-0.3, -0.25) is 0 Å². The molecule has 1 aromatic heterocycles. The number of sulfonamides is 1. The van der Waals surface area contributed by atoms with Crippen molar-refractivity contribution in [1.82, 2.24) is 13.9 Å². The van der Waals surface area contributed by atoms with Crippen molar-refractivity contribution >= 4 is 10.0 Å². The van der Waals surface area contributed by atoms with Crippen molar-refractivity contribution in [3.8, 4) is 0 Å². The predicted octanol–water partition coefficient (Wildman–Crippen LogP) is 2.69. The molecule has 1 aliphatic carbocycles. The van der Waals surface area contributed by atoms with E-state index < -0.39 is 10.0 Å². The molecule has 0 bridgehead atoms. The van der Waals surface area contributed by atoms with E-state index >= 15 is 0 Å². The normalized spacial score (nSPS) is 27.6. The molecule has 0 aromatic carbocycles. The molecule has 7 heteroatoms. The van der Waals surface area contributed by atoms with Crippen molar-refractivity contribution in [2.24, 2.45) is 11.8 Å². The quantitative estimate of drug-likeness (QED) is 0.741. The van der Waals surface area contributed by atoms with Crippen molar-refractivity contribution in [2.45, 2.75) is 58.1 Å². The second-order valence-electron chi connectivity index (χ2n) is 7.82. The van der Waals surface area contributed by atoms with Gasteiger partial charge in [-0.2, -0.15) is 4.31 Å². The van der Waals surface area contributed by atoms with Gasteiger partial charge in [-0.1, -0.05) is 26.7 Å². The number of ether oxygens (including phenoxy) is 1. The summed E-state index contributed by atoms with van der Waals surface area (Å²) in [5.74, 6) is 0.644. The molecule has 3 rings (SSSR count). The fraction of sp³-hybridized carbons (Fsp3) is 0.833. The van der Waals surface area contributed by atoms with E-state index in [1.807, 2.05) is 17.7 Å². The van der Waals surface area contributed by atoms with Crippen LogP contribution < -0.4 is 0 Å². The molecule has 1 aliphatic heterocycles. The van der Waals surface area contributed by atoms with Crippen LogP contribution in [0.15, 0.2) is 18.7 Å². The van der Waals surface area contributed by atoms with E-state index in [-0.39, 0.29) is 17.7 Å². The summed E-state index contributed by atoms with van der Waals surface area (Å²) in [7, 11) is -3.26. The maximum absolute atomic E-state index is 12.9. The zero-order valence-electron chi connectivity index (χ0n) is 15.4. The molecule has 6 nitrogen and oxygen atoms in total. The lowest BCUT2D eigenvalue weighted by atomic mass is 9.95. The molecule has 2 heterocycles. The van der Waals surface area contributed by atoms with Crippen LogP contribution in [0.4, 0.5) is 0 Å². The first-order valence-corrected chi connectivity index (χ1v) is 11.1. The smallest absolute Gasteiger partial charge is 0.214 e. The van der Waals surface area contributed by atoms with Gasteiger partial charge in [0.15, 0.2) is 0 Å². The molecular formula is C18H31N3O3S. The Morgan fingerprint density at radius 3 is 2.72 bits per heavy atom. The molecule has 1 saturated heterocycles. The first-order chi connectivity index (χ1) is 12.0. The largest absolute Gasteiger partial charge is 0.378 e. The summed E-state index contributed by atoms with van der Waals surface area (Å²) < 4.78 is 35.3. The van der Waals surface area contributed by atoms with Gasteiger partial charge in [0.1, 0.15) is 0 Å². The van der Waals surface area contributed by atoms with Crippen LogP contribution in [0.5, 0.6) is 0 Å². The topological polar surface area (TPSA) is 64.4 Å². The lowest BCUT2D eigenvalue weighted by molar-refractivity contribution is 0.0409. The van der Waals surface area contributed by atoms with E-state index in [0.29, 0.717) is 31.7 Å². The summed E-state index contributed by atoms with van der Waals surface area (Å²) in [6.07, 6.45) is 11.4. The number of aromatic nitrogens is 2. The maximum Gasteiger partial charge on any atom is 0.214 e. The molecule has 1 saturated carbocycles. The third-order valence-electron chi connectivity index (χ3n) is 5.60. The predicted molar refractivity (Wildman–Crippen MR) is 97.8 cm³/mol. The average Bonchev–Trinajstić information content (AvgIpc) is 3.26. The van der Waals surface area contributed by atoms with Crippen LogP contribution in [0.3, 0.4) is 0 Å². The zero-order valence-corrected chi connectivity index (χ0v) is 16.2. The van der Waals surface area contributed by atoms with Gasteiger partial charge < -0.3 is 9.30 Å². The summed E-state index contributed by atoms with van der Waals surface area (Å²) in [5.41, 5.74) is 0. The van der Waals surface area contributed by atoms with Crippen molar-refractivity contribution < 1.29 is 13.2 Å². The average molecular weight is 370 g/mol. The first-order valence-electron chi connectivity index (χ1n) is 9.52. The van der Waals surface area contributed by atoms with Gasteiger partial charge in [0, 0.05) is 25.5 Å². The minimum Gasteiger partial charge on any atom is -0.378 e. The van der Waals surface area contributed by atoms with Crippen LogP contribution >= 0.6 is 0 Å². The fourth-order valence-electron chi connectivity index (χ4n) is 3.99. The number of imidazole rings is 1. The minimum absolute atomic E-state index is 0.0247. The van der Waals surface area contributed by atoms with E-state index in [1.54, 1.807) is 16.8 Å². The molecule has 0 radical (unpaired) electrons. The van der Waals surface area contributed by atoms with E-state index in [2.05, 4.69) is 11.9 Å². The SMILES string of the molecule is CC(COC1CCCC1)CS(=O)(=O)N1CCC(C)C(n2ccnc2)C1. The highest BCUT2D eigenvalue weighted by Gasteiger charge is 2.34. The Bertz CT molecular complexity index is 626. The number of nitrogens with zero attached hydrogens (tertiary/aromatic N) is 3. The number of hydrogen-bond donors (Lipinski definition) is 0. The molecule has 142 valence electrons. The number of hydrogen-bond acceptors (Lipinski definition) is 4. The summed E-state index contributed by atoms with van der Waals surface area (Å²) in [6.45, 7) is 5.86. The van der Waals surface area contributed by atoms with Crippen LogP contribution in [0.25, 0.3) is 0 Å². The van der Waals surface area contributed by atoms with Gasteiger partial charge in [-0.25, -0.2) is 13.4 Å². The highest BCUT2D eigenvalue weighted by Crippen LogP contribution is 2.29. The molecule has 2 aliphatic rings. The van der Waals surface area contributed by atoms with Crippen LogP contribution in [0.1, 0.15) is 52.0 Å². The molecule has 25 heavy (non-hydrogen) atoms. The molecule has 3 atom stereocenters. The first kappa shape index (κ1) is 18.9. The maximum atomic E-state index is 12.9. The Morgan fingerprint density at radius 1 is 1.28 bits per heavy atom. The second-order valence-corrected chi connectivity index (χ2v) is 9.84. The summed E-state index contributed by atoms with van der Waals surface area (Å²) in [4.78, 5) is 4.11. The Kier molecular flexibility index (Phi) is 6.17. The molecule has 0 N–H and O–H groups in total. The Labute approximate surface area is 151 Å². The molecular weight excluding hydrogens is 338 g/mol. The second kappa shape index (κ2) is 8.18. The Morgan fingerprint density at radius 2 is 2.04 bits per heavy atom. The fourth-order valence-corrected chi connectivity index (χ4v) is 5.78. The molecule has 3 unspecified atom stereocenters. The summed E-state index contributed by atoms with van der Waals surface area (Å²) in [5, 5.41) is 0. The lowest BCUT2D eigenvalue weighted by Gasteiger charge is -2.37. The van der Waals surface area contributed by atoms with Crippen LogP contribution in [-0.4, -0.2) is 53.8 Å². The lowest BCUT2D eigenvalue weighted by Crippen LogP contribution is -2.45. The van der Waals surface area contributed by atoms with Crippen molar-refractivity contribution in [1.29, 1.82) is 0 Å². The van der Waals surface area contributed by atoms with Gasteiger partial charge in [0.05, 0.1) is 30.8 Å². The van der Waals surface area contributed by atoms with Crippen LogP contribution in [-0.2, 0) is 14.8 Å². The summed E-state index contributed by atoms with van der Waals surface area (Å²) in [6, 6.07) is 0.163. The Hall–Kier alpha value is -0.920. The van der Waals surface area contributed by atoms with E-state index in [0.717, 1.165) is 19.3 Å². The number of rotatable bonds is 7. The molecule has 0 spiro atoms. The highest BCUT2D eigenvalue weighted by molar-refractivity contribution is 7.89. The zero-order chi connectivity index (χ0) is 17.9. The van der Waals surface area contributed by atoms with E-state index in [9.17, 15) is 8.42 Å². The third kappa shape index (κ3) is 4.83.